The Morgan fingerprint density at radius 3 is 2.48 bits per heavy atom. The standard InChI is InChI=1S/C23H25Cl2NO/c1-3-6-18-15-21(17-7-5-8-20(25)14-17)22(26(13-4-2)23(18)27)16-9-11-19(24)12-10-16/h3,5,7-12,14,18,21-22H,1,4,6,13,15H2,2H3/t18-,21?,22?/m1/s1. The Bertz CT molecular complexity index is 802. The Hall–Kier alpha value is -1.77. The van der Waals surface area contributed by atoms with E-state index in [-0.39, 0.29) is 23.8 Å². The molecule has 1 heterocycles. The van der Waals surface area contributed by atoms with Gasteiger partial charge in [-0.25, -0.2) is 0 Å². The second-order valence-electron chi connectivity index (χ2n) is 7.15. The minimum absolute atomic E-state index is 0.0192. The normalized spacial score (nSPS) is 22.7. The van der Waals surface area contributed by atoms with E-state index in [0.717, 1.165) is 30.0 Å². The van der Waals surface area contributed by atoms with Crippen LogP contribution in [0.4, 0.5) is 0 Å². The minimum atomic E-state index is -0.0402. The van der Waals surface area contributed by atoms with E-state index in [1.807, 2.05) is 53.4 Å². The lowest BCUT2D eigenvalue weighted by Crippen LogP contribution is -2.47. The van der Waals surface area contributed by atoms with Crippen LogP contribution in [0.15, 0.2) is 61.2 Å². The highest BCUT2D eigenvalue weighted by molar-refractivity contribution is 6.30. The van der Waals surface area contributed by atoms with Crippen LogP contribution in [0.5, 0.6) is 0 Å². The van der Waals surface area contributed by atoms with E-state index in [1.165, 1.54) is 5.56 Å². The van der Waals surface area contributed by atoms with Gasteiger partial charge >= 0.3 is 0 Å². The van der Waals surface area contributed by atoms with Crippen LogP contribution >= 0.6 is 23.2 Å². The highest BCUT2D eigenvalue weighted by Crippen LogP contribution is 2.46. The average Bonchev–Trinajstić information content (AvgIpc) is 2.66. The number of halogens is 2. The Balaban J connectivity index is 2.09. The van der Waals surface area contributed by atoms with Gasteiger partial charge in [-0.3, -0.25) is 4.79 Å². The summed E-state index contributed by atoms with van der Waals surface area (Å²) in [5.41, 5.74) is 2.29. The number of hydrogen-bond acceptors (Lipinski definition) is 1. The second kappa shape index (κ2) is 8.95. The van der Waals surface area contributed by atoms with Gasteiger partial charge in [-0.05, 0) is 54.7 Å². The maximum Gasteiger partial charge on any atom is 0.226 e. The topological polar surface area (TPSA) is 20.3 Å². The number of amides is 1. The zero-order chi connectivity index (χ0) is 19.4. The smallest absolute Gasteiger partial charge is 0.226 e. The lowest BCUT2D eigenvalue weighted by atomic mass is 9.75. The lowest BCUT2D eigenvalue weighted by Gasteiger charge is -2.45. The van der Waals surface area contributed by atoms with E-state index in [4.69, 9.17) is 23.2 Å². The second-order valence-corrected chi connectivity index (χ2v) is 8.02. The van der Waals surface area contributed by atoms with Crippen molar-refractivity contribution in [2.45, 2.75) is 38.1 Å². The molecular formula is C23H25Cl2NO. The van der Waals surface area contributed by atoms with E-state index in [1.54, 1.807) is 0 Å². The molecule has 142 valence electrons. The van der Waals surface area contributed by atoms with Crippen molar-refractivity contribution in [1.82, 2.24) is 4.90 Å². The minimum Gasteiger partial charge on any atom is -0.335 e. The molecule has 0 saturated carbocycles. The summed E-state index contributed by atoms with van der Waals surface area (Å²) in [5, 5.41) is 1.42. The van der Waals surface area contributed by atoms with Crippen molar-refractivity contribution in [2.24, 2.45) is 5.92 Å². The van der Waals surface area contributed by atoms with E-state index >= 15 is 0 Å². The summed E-state index contributed by atoms with van der Waals surface area (Å²) >= 11 is 12.4. The third-order valence-corrected chi connectivity index (χ3v) is 5.78. The number of nitrogens with zero attached hydrogens (tertiary/aromatic N) is 1. The summed E-state index contributed by atoms with van der Waals surface area (Å²) in [6, 6.07) is 15.9. The molecule has 2 nitrogen and oxygen atoms in total. The zero-order valence-electron chi connectivity index (χ0n) is 15.6. The molecule has 2 unspecified atom stereocenters. The van der Waals surface area contributed by atoms with Crippen LogP contribution in [0.2, 0.25) is 10.0 Å². The number of carbonyl (C=O) groups excluding carboxylic acids is 1. The fraction of sp³-hybridized carbons (Fsp3) is 0.348. The molecule has 0 spiro atoms. The molecule has 1 fully saturated rings. The third-order valence-electron chi connectivity index (χ3n) is 5.29. The first-order chi connectivity index (χ1) is 13.0. The van der Waals surface area contributed by atoms with Gasteiger partial charge in [-0.1, -0.05) is 60.5 Å². The van der Waals surface area contributed by atoms with Crippen LogP contribution in [0.25, 0.3) is 0 Å². The van der Waals surface area contributed by atoms with Crippen molar-refractivity contribution >= 4 is 29.1 Å². The molecule has 0 aliphatic carbocycles. The summed E-state index contributed by atoms with van der Waals surface area (Å²) in [6.07, 6.45) is 4.26. The fourth-order valence-electron chi connectivity index (χ4n) is 4.14. The molecule has 3 atom stereocenters. The molecular weight excluding hydrogens is 377 g/mol. The van der Waals surface area contributed by atoms with Gasteiger partial charge in [0.25, 0.3) is 0 Å². The fourth-order valence-corrected chi connectivity index (χ4v) is 4.47. The molecule has 27 heavy (non-hydrogen) atoms. The van der Waals surface area contributed by atoms with Crippen LogP contribution in [-0.2, 0) is 4.79 Å². The molecule has 0 bridgehead atoms. The maximum atomic E-state index is 13.2. The molecule has 1 aliphatic rings. The highest BCUT2D eigenvalue weighted by Gasteiger charge is 2.42. The van der Waals surface area contributed by atoms with Crippen LogP contribution in [0.3, 0.4) is 0 Å². The van der Waals surface area contributed by atoms with Gasteiger partial charge in [-0.2, -0.15) is 0 Å². The van der Waals surface area contributed by atoms with E-state index in [2.05, 4.69) is 19.6 Å². The summed E-state index contributed by atoms with van der Waals surface area (Å²) < 4.78 is 0. The summed E-state index contributed by atoms with van der Waals surface area (Å²) in [4.78, 5) is 15.3. The number of benzene rings is 2. The van der Waals surface area contributed by atoms with Gasteiger partial charge in [0.1, 0.15) is 0 Å². The molecule has 0 radical (unpaired) electrons. The predicted octanol–water partition coefficient (Wildman–Crippen LogP) is 6.65. The van der Waals surface area contributed by atoms with Crippen molar-refractivity contribution in [2.75, 3.05) is 6.54 Å². The van der Waals surface area contributed by atoms with Crippen molar-refractivity contribution < 1.29 is 4.79 Å². The highest BCUT2D eigenvalue weighted by atomic mass is 35.5. The van der Waals surface area contributed by atoms with Crippen molar-refractivity contribution in [3.8, 4) is 0 Å². The largest absolute Gasteiger partial charge is 0.335 e. The number of likely N-dealkylation sites (tertiary alicyclic amines) is 1. The molecule has 1 aliphatic heterocycles. The number of allylic oxidation sites excluding steroid dienone is 1. The van der Waals surface area contributed by atoms with Crippen LogP contribution in [-0.4, -0.2) is 17.4 Å². The summed E-state index contributed by atoms with van der Waals surface area (Å²) in [6.45, 7) is 6.69. The molecule has 1 amide bonds. The molecule has 0 aromatic heterocycles. The Labute approximate surface area is 171 Å². The molecule has 2 aromatic rings. The SMILES string of the molecule is C=CC[C@@H]1CC(c2cccc(Cl)c2)C(c2ccc(Cl)cc2)N(CCC)C1=O. The number of hydrogen-bond donors (Lipinski definition) is 0. The zero-order valence-corrected chi connectivity index (χ0v) is 17.1. The van der Waals surface area contributed by atoms with Crippen LogP contribution in [0, 0.1) is 5.92 Å². The molecule has 4 heteroatoms. The first-order valence-corrected chi connectivity index (χ1v) is 10.2. The summed E-state index contributed by atoms with van der Waals surface area (Å²) in [5.74, 6) is 0.357. The van der Waals surface area contributed by atoms with Gasteiger partial charge < -0.3 is 4.90 Å². The van der Waals surface area contributed by atoms with E-state index in [9.17, 15) is 4.79 Å². The molecule has 0 N–H and O–H groups in total. The average molecular weight is 402 g/mol. The quantitative estimate of drug-likeness (QED) is 0.495. The van der Waals surface area contributed by atoms with Gasteiger partial charge in [0.2, 0.25) is 5.91 Å². The van der Waals surface area contributed by atoms with Crippen molar-refractivity contribution in [1.29, 1.82) is 0 Å². The molecule has 3 rings (SSSR count). The van der Waals surface area contributed by atoms with E-state index in [0.29, 0.717) is 11.4 Å². The van der Waals surface area contributed by atoms with Crippen molar-refractivity contribution in [3.05, 3.63) is 82.4 Å². The number of carbonyl (C=O) groups is 1. The van der Waals surface area contributed by atoms with E-state index < -0.39 is 0 Å². The Morgan fingerprint density at radius 1 is 1.11 bits per heavy atom. The van der Waals surface area contributed by atoms with Gasteiger partial charge in [0.05, 0.1) is 6.04 Å². The third kappa shape index (κ3) is 4.39. The summed E-state index contributed by atoms with van der Waals surface area (Å²) in [7, 11) is 0. The first-order valence-electron chi connectivity index (χ1n) is 9.47. The number of piperidine rings is 1. The van der Waals surface area contributed by atoms with Crippen LogP contribution < -0.4 is 0 Å². The predicted molar refractivity (Wildman–Crippen MR) is 113 cm³/mol. The first kappa shape index (κ1) is 20.0. The Kier molecular flexibility index (Phi) is 6.62. The van der Waals surface area contributed by atoms with Crippen LogP contribution in [0.1, 0.15) is 49.3 Å². The monoisotopic (exact) mass is 401 g/mol. The molecule has 1 saturated heterocycles. The molecule has 2 aromatic carbocycles. The van der Waals surface area contributed by atoms with Gasteiger partial charge in [0.15, 0.2) is 0 Å². The van der Waals surface area contributed by atoms with Gasteiger partial charge in [-0.15, -0.1) is 6.58 Å². The number of rotatable bonds is 6. The van der Waals surface area contributed by atoms with Crippen molar-refractivity contribution in [3.63, 3.8) is 0 Å². The maximum absolute atomic E-state index is 13.2. The Morgan fingerprint density at radius 2 is 1.85 bits per heavy atom. The van der Waals surface area contributed by atoms with Gasteiger partial charge in [0, 0.05) is 28.4 Å². The lowest BCUT2D eigenvalue weighted by molar-refractivity contribution is -0.143.